The van der Waals surface area contributed by atoms with Gasteiger partial charge in [-0.1, -0.05) is 27.7 Å². The fourth-order valence-electron chi connectivity index (χ4n) is 13.8. The second-order valence-electron chi connectivity index (χ2n) is 31.3. The van der Waals surface area contributed by atoms with Gasteiger partial charge >= 0.3 is 0 Å². The van der Waals surface area contributed by atoms with Crippen LogP contribution >= 0.6 is 0 Å². The lowest BCUT2D eigenvalue weighted by Crippen LogP contribution is -2.40. The first-order valence-electron chi connectivity index (χ1n) is 35.4. The second kappa shape index (κ2) is 28.1. The molecule has 4 aliphatic heterocycles. The van der Waals surface area contributed by atoms with Gasteiger partial charge in [-0.05, 0) is 204 Å². The summed E-state index contributed by atoms with van der Waals surface area (Å²) in [7, 11) is 0. The zero-order valence-electron chi connectivity index (χ0n) is 62.0. The predicted molar refractivity (Wildman–Crippen MR) is 392 cm³/mol. The van der Waals surface area contributed by atoms with E-state index in [1.807, 2.05) is 83.1 Å². The monoisotopic (exact) mass is 1410 g/mol. The topological polar surface area (TPSA) is 227 Å². The number of benzene rings is 8. The molecule has 0 unspecified atom stereocenters. The zero-order chi connectivity index (χ0) is 73.9. The molecule has 0 saturated heterocycles. The van der Waals surface area contributed by atoms with Gasteiger partial charge in [0.2, 0.25) is 27.2 Å². The van der Waals surface area contributed by atoms with E-state index in [1.165, 1.54) is 0 Å². The largest absolute Gasteiger partial charge is 0.489 e. The molecular formula is C84H92N4O16. The first-order chi connectivity index (χ1) is 49.3. The molecule has 8 aromatic carbocycles. The van der Waals surface area contributed by atoms with Crippen LogP contribution in [-0.4, -0.2) is 73.0 Å². The summed E-state index contributed by atoms with van der Waals surface area (Å²) >= 11 is 0. The smallest absolute Gasteiger partial charge is 0.251 e. The maximum absolute atomic E-state index is 13.3. The molecule has 0 saturated carbocycles. The average Bonchev–Trinajstić information content (AvgIpc) is 0.804. The minimum absolute atomic E-state index is 0.0417. The van der Waals surface area contributed by atoms with Gasteiger partial charge in [0, 0.05) is 113 Å². The van der Waals surface area contributed by atoms with E-state index in [0.717, 1.165) is 44.5 Å². The molecular weight excluding hydrogens is 1320 g/mol. The Balaban J connectivity index is 1.01. The van der Waals surface area contributed by atoms with Crippen LogP contribution in [0.2, 0.25) is 0 Å². The SMILES string of the molecule is CC1c2cc3c4c(COc5ccc(C(=O)NC(C)(C)C)cc5)c2OCOc2c1cc1c(c2COc2ccc(C(=O)NC(C)(C)C)cc2)OCOc2c(cc5c(c2COc2ccc(C(=O)NC(C)(C)C)cc2)OCOc2c(cc(c(c2COc2ccc(C(=O)NC(C)(C)C)cc2)OCO4)C3C)C5C)C1C. The van der Waals surface area contributed by atoms with Crippen LogP contribution in [0.3, 0.4) is 0 Å². The van der Waals surface area contributed by atoms with E-state index in [1.54, 1.807) is 97.1 Å². The number of hydrogen-bond acceptors (Lipinski definition) is 16. The van der Waals surface area contributed by atoms with Crippen LogP contribution in [0.4, 0.5) is 0 Å². The lowest BCUT2D eigenvalue weighted by molar-refractivity contribution is 0.0896. The summed E-state index contributed by atoms with van der Waals surface area (Å²) in [6.45, 7) is 30.5. The number of rotatable bonds is 16. The third-order valence-corrected chi connectivity index (χ3v) is 18.8. The van der Waals surface area contributed by atoms with E-state index in [4.69, 9.17) is 56.8 Å². The fraction of sp³-hybridized carbons (Fsp3) is 0.381. The maximum atomic E-state index is 13.3. The minimum atomic E-state index is -0.489. The molecule has 0 fully saturated rings. The lowest BCUT2D eigenvalue weighted by Gasteiger charge is -2.36. The molecule has 0 spiro atoms. The summed E-state index contributed by atoms with van der Waals surface area (Å²) < 4.78 is 82.8. The summed E-state index contributed by atoms with van der Waals surface area (Å²) in [6, 6.07) is 36.7. The Morgan fingerprint density at radius 3 is 0.587 bits per heavy atom. The summed E-state index contributed by atoms with van der Waals surface area (Å²) in [5, 5.41) is 12.2. The van der Waals surface area contributed by atoms with Gasteiger partial charge in [-0.3, -0.25) is 19.2 Å². The Labute approximate surface area is 607 Å². The summed E-state index contributed by atoms with van der Waals surface area (Å²) in [6.07, 6.45) is 0. The van der Waals surface area contributed by atoms with Crippen LogP contribution in [-0.2, 0) is 26.4 Å². The molecule has 544 valence electrons. The summed E-state index contributed by atoms with van der Waals surface area (Å²) in [4.78, 5) is 53.4. The maximum Gasteiger partial charge on any atom is 0.251 e. The van der Waals surface area contributed by atoms with Crippen molar-refractivity contribution in [2.24, 2.45) is 0 Å². The number of nitrogens with one attached hydrogen (secondary N) is 4. The van der Waals surface area contributed by atoms with Crippen LogP contribution in [0.15, 0.2) is 121 Å². The Morgan fingerprint density at radius 1 is 0.288 bits per heavy atom. The zero-order valence-corrected chi connectivity index (χ0v) is 62.0. The minimum Gasteiger partial charge on any atom is -0.489 e. The van der Waals surface area contributed by atoms with Crippen molar-refractivity contribution in [3.05, 3.63) is 210 Å². The number of ether oxygens (including phenoxy) is 12. The van der Waals surface area contributed by atoms with E-state index in [-0.39, 0.29) is 77.2 Å². The van der Waals surface area contributed by atoms with Gasteiger partial charge in [0.1, 0.15) is 95.4 Å². The van der Waals surface area contributed by atoms with Gasteiger partial charge in [-0.2, -0.15) is 0 Å². The van der Waals surface area contributed by atoms with Crippen LogP contribution in [0.25, 0.3) is 0 Å². The molecule has 0 atom stereocenters. The first kappa shape index (κ1) is 71.6. The van der Waals surface area contributed by atoms with Crippen molar-refractivity contribution in [1.29, 1.82) is 0 Å². The fourth-order valence-corrected chi connectivity index (χ4v) is 13.8. The molecule has 8 aromatic rings. The van der Waals surface area contributed by atoms with Crippen LogP contribution < -0.4 is 78.1 Å². The highest BCUT2D eigenvalue weighted by molar-refractivity contribution is 5.96. The van der Waals surface area contributed by atoms with E-state index < -0.39 is 45.8 Å². The molecule has 0 radical (unpaired) electrons. The van der Waals surface area contributed by atoms with Crippen molar-refractivity contribution < 1.29 is 76.0 Å². The van der Waals surface area contributed by atoms with Crippen molar-refractivity contribution in [1.82, 2.24) is 21.3 Å². The molecule has 5 aliphatic rings. The molecule has 4 heterocycles. The van der Waals surface area contributed by atoms with Gasteiger partial charge < -0.3 is 78.1 Å². The highest BCUT2D eigenvalue weighted by atomic mass is 16.7. The Hall–Kier alpha value is -10.8. The van der Waals surface area contributed by atoms with Crippen LogP contribution in [0.5, 0.6) is 69.0 Å². The van der Waals surface area contributed by atoms with Crippen LogP contribution in [0.1, 0.15) is 243 Å². The van der Waals surface area contributed by atoms with Crippen molar-refractivity contribution in [2.75, 3.05) is 27.2 Å². The Kier molecular flexibility index (Phi) is 19.4. The summed E-state index contributed by atoms with van der Waals surface area (Å²) in [5.74, 6) is 3.11. The third kappa shape index (κ3) is 15.2. The number of carbonyl (C=O) groups is 4. The van der Waals surface area contributed by atoms with Crippen molar-refractivity contribution in [2.45, 2.75) is 183 Å². The van der Waals surface area contributed by atoms with Gasteiger partial charge in [0.15, 0.2) is 0 Å². The number of carbonyl (C=O) groups excluding carboxylic acids is 4. The summed E-state index contributed by atoms with van der Waals surface area (Å²) in [5.41, 5.74) is 8.98. The quantitative estimate of drug-likeness (QED) is 0.0705. The van der Waals surface area contributed by atoms with Crippen LogP contribution in [0, 0.1) is 0 Å². The van der Waals surface area contributed by atoms with Gasteiger partial charge in [-0.15, -0.1) is 0 Å². The third-order valence-electron chi connectivity index (χ3n) is 18.8. The van der Waals surface area contributed by atoms with Gasteiger partial charge in [0.25, 0.3) is 23.6 Å². The normalized spacial score (nSPS) is 16.8. The second-order valence-corrected chi connectivity index (χ2v) is 31.3. The van der Waals surface area contributed by atoms with Crippen molar-refractivity contribution >= 4 is 23.6 Å². The molecule has 4 N–H and O–H groups in total. The van der Waals surface area contributed by atoms with E-state index in [2.05, 4.69) is 73.2 Å². The van der Waals surface area contributed by atoms with Crippen molar-refractivity contribution in [3.8, 4) is 69.0 Å². The first-order valence-corrected chi connectivity index (χ1v) is 35.4. The molecule has 20 nitrogen and oxygen atoms in total. The standard InChI is InChI=1S/C84H92N4O16/c1-45-57-33-59-46(2)61-35-63-48(4)64-36-62-47(3)60-34-58(45)70-66(38-94-54-27-19-50(20-28-54)78(90)86-82(8,9)10)72(60)100-43-102-74(62)68(40-96-56-31-23-52(24-32-56)80(92)88-84(14,15)16)76(64)104-44-103-75(63)67(39-95-55-29-21-51(22-30-55)79(91)87-83(11,12)13)73(61)101-42-99-71(59)65(69(57)97-41-98-70)37-93-53-25-17-49(18-26-53)77(89)85-81(5,6)7/h17-36,45-48H,37-44H2,1-16H3,(H,85,89)(H,86,90)(H,87,91)(H,88,92). The van der Waals surface area contributed by atoms with Gasteiger partial charge in [0.05, 0.1) is 22.3 Å². The molecule has 4 amide bonds. The number of amides is 4. The number of hydrogen-bond donors (Lipinski definition) is 4. The lowest BCUT2D eigenvalue weighted by atomic mass is 9.78. The highest BCUT2D eigenvalue weighted by Crippen LogP contribution is 2.57. The molecule has 104 heavy (non-hydrogen) atoms. The van der Waals surface area contributed by atoms with E-state index in [9.17, 15) is 19.2 Å². The van der Waals surface area contributed by atoms with Gasteiger partial charge in [-0.25, -0.2) is 0 Å². The Bertz CT molecular complexity index is 3930. The molecule has 8 bridgehead atoms. The molecule has 1 aliphatic carbocycles. The molecule has 13 rings (SSSR count). The highest BCUT2D eigenvalue weighted by Gasteiger charge is 2.40. The average molecular weight is 1410 g/mol. The van der Waals surface area contributed by atoms with E-state index >= 15 is 0 Å². The Morgan fingerprint density at radius 2 is 0.442 bits per heavy atom. The molecule has 20 heteroatoms. The predicted octanol–water partition coefficient (Wildman–Crippen LogP) is 16.0. The molecule has 0 aromatic heterocycles. The van der Waals surface area contributed by atoms with E-state index in [0.29, 0.717) is 114 Å². The van der Waals surface area contributed by atoms with Crippen molar-refractivity contribution in [3.63, 3.8) is 0 Å².